The van der Waals surface area contributed by atoms with Crippen LogP contribution in [0.2, 0.25) is 0 Å². The van der Waals surface area contributed by atoms with Crippen molar-refractivity contribution in [1.29, 1.82) is 0 Å². The Bertz CT molecular complexity index is 559. The summed E-state index contributed by atoms with van der Waals surface area (Å²) in [5, 5.41) is 2.77. The number of H-pyrrole nitrogens is 1. The van der Waals surface area contributed by atoms with E-state index in [4.69, 9.17) is 0 Å². The Balaban J connectivity index is 2.03. The third-order valence-electron chi connectivity index (χ3n) is 2.58. The van der Waals surface area contributed by atoms with Crippen LogP contribution in [0.3, 0.4) is 0 Å². The maximum absolute atomic E-state index is 11.8. The lowest BCUT2D eigenvalue weighted by Gasteiger charge is -2.05. The number of ketones is 1. The summed E-state index contributed by atoms with van der Waals surface area (Å²) < 4.78 is 0. The van der Waals surface area contributed by atoms with Crippen molar-refractivity contribution in [3.63, 3.8) is 0 Å². The van der Waals surface area contributed by atoms with E-state index in [2.05, 4.69) is 10.3 Å². The fourth-order valence-electron chi connectivity index (χ4n) is 1.67. The number of amides is 1. The second kappa shape index (κ2) is 5.31. The molecule has 0 fully saturated rings. The zero-order chi connectivity index (χ0) is 13.0. The van der Waals surface area contributed by atoms with E-state index in [0.717, 1.165) is 5.56 Å². The van der Waals surface area contributed by atoms with E-state index in [1.807, 2.05) is 6.07 Å². The summed E-state index contributed by atoms with van der Waals surface area (Å²) in [6, 6.07) is 8.77. The lowest BCUT2D eigenvalue weighted by molar-refractivity contribution is -0.115. The van der Waals surface area contributed by atoms with Crippen LogP contribution in [0.1, 0.15) is 22.8 Å². The van der Waals surface area contributed by atoms with E-state index < -0.39 is 0 Å². The second-order valence-corrected chi connectivity index (χ2v) is 4.08. The quantitative estimate of drug-likeness (QED) is 0.809. The van der Waals surface area contributed by atoms with Crippen LogP contribution in [0, 0.1) is 0 Å². The van der Waals surface area contributed by atoms with Gasteiger partial charge in [-0.25, -0.2) is 0 Å². The molecule has 0 aliphatic rings. The molecule has 0 saturated carbocycles. The summed E-state index contributed by atoms with van der Waals surface area (Å²) in [5.41, 5.74) is 2.16. The highest BCUT2D eigenvalue weighted by molar-refractivity contribution is 5.97. The smallest absolute Gasteiger partial charge is 0.228 e. The van der Waals surface area contributed by atoms with Crippen molar-refractivity contribution >= 4 is 17.4 Å². The molecule has 1 aromatic carbocycles. The Morgan fingerprint density at radius 3 is 2.78 bits per heavy atom. The number of hydrogen-bond donors (Lipinski definition) is 2. The first-order valence-corrected chi connectivity index (χ1v) is 5.67. The molecular formula is C14H14N2O2. The van der Waals surface area contributed by atoms with Crippen LogP contribution in [-0.2, 0) is 11.2 Å². The third kappa shape index (κ3) is 3.07. The molecule has 0 aliphatic heterocycles. The topological polar surface area (TPSA) is 62.0 Å². The maximum Gasteiger partial charge on any atom is 0.228 e. The van der Waals surface area contributed by atoms with Gasteiger partial charge in [-0.2, -0.15) is 0 Å². The predicted molar refractivity (Wildman–Crippen MR) is 69.6 cm³/mol. The van der Waals surface area contributed by atoms with Crippen molar-refractivity contribution in [2.24, 2.45) is 0 Å². The zero-order valence-electron chi connectivity index (χ0n) is 10.1. The minimum absolute atomic E-state index is 0.0169. The van der Waals surface area contributed by atoms with Crippen LogP contribution in [0.4, 0.5) is 5.69 Å². The average molecular weight is 242 g/mol. The molecular weight excluding hydrogens is 228 g/mol. The van der Waals surface area contributed by atoms with Gasteiger partial charge in [0.15, 0.2) is 5.78 Å². The molecule has 2 N–H and O–H groups in total. The van der Waals surface area contributed by atoms with E-state index in [1.54, 1.807) is 36.7 Å². The van der Waals surface area contributed by atoms with E-state index in [1.165, 1.54) is 6.92 Å². The Labute approximate surface area is 105 Å². The highest BCUT2D eigenvalue weighted by atomic mass is 16.1. The number of Topliss-reactive ketones (excluding diaryl/α,β-unsaturated/α-hetero) is 1. The Hall–Kier alpha value is -2.36. The number of benzene rings is 1. The molecule has 0 radical (unpaired) electrons. The highest BCUT2D eigenvalue weighted by Gasteiger charge is 2.06. The molecule has 0 bridgehead atoms. The first-order chi connectivity index (χ1) is 8.65. The second-order valence-electron chi connectivity index (χ2n) is 4.08. The van der Waals surface area contributed by atoms with Crippen LogP contribution >= 0.6 is 0 Å². The number of rotatable bonds is 4. The first kappa shape index (κ1) is 12.1. The molecule has 0 atom stereocenters. The molecule has 2 aromatic rings. The number of hydrogen-bond acceptors (Lipinski definition) is 2. The van der Waals surface area contributed by atoms with Crippen molar-refractivity contribution < 1.29 is 9.59 Å². The van der Waals surface area contributed by atoms with E-state index in [0.29, 0.717) is 17.7 Å². The third-order valence-corrected chi connectivity index (χ3v) is 2.58. The Morgan fingerprint density at radius 2 is 2.11 bits per heavy atom. The number of nitrogens with one attached hydrogen (secondary N) is 2. The summed E-state index contributed by atoms with van der Waals surface area (Å²) in [6.07, 6.45) is 3.87. The standard InChI is InChI=1S/C14H14N2O2/c1-10(17)12-3-2-4-13(8-12)16-14(18)7-11-5-6-15-9-11/h2-6,8-9,15H,7H2,1H3,(H,16,18). The summed E-state index contributed by atoms with van der Waals surface area (Å²) >= 11 is 0. The predicted octanol–water partition coefficient (Wildman–Crippen LogP) is 2.40. The minimum atomic E-state index is -0.102. The zero-order valence-corrected chi connectivity index (χ0v) is 10.1. The van der Waals surface area contributed by atoms with Crippen molar-refractivity contribution in [2.45, 2.75) is 13.3 Å². The Morgan fingerprint density at radius 1 is 1.28 bits per heavy atom. The molecule has 0 spiro atoms. The molecule has 92 valence electrons. The molecule has 1 heterocycles. The average Bonchev–Trinajstić information content (AvgIpc) is 2.82. The maximum atomic E-state index is 11.8. The lowest BCUT2D eigenvalue weighted by atomic mass is 10.1. The summed E-state index contributed by atoms with van der Waals surface area (Å²) in [6.45, 7) is 1.50. The van der Waals surface area contributed by atoms with E-state index in [-0.39, 0.29) is 11.7 Å². The van der Waals surface area contributed by atoms with Crippen LogP contribution in [-0.4, -0.2) is 16.7 Å². The molecule has 2 rings (SSSR count). The normalized spacial score (nSPS) is 10.1. The Kier molecular flexibility index (Phi) is 3.57. The largest absolute Gasteiger partial charge is 0.367 e. The number of aromatic amines is 1. The monoisotopic (exact) mass is 242 g/mol. The van der Waals surface area contributed by atoms with Crippen LogP contribution in [0.25, 0.3) is 0 Å². The molecule has 0 unspecified atom stereocenters. The van der Waals surface area contributed by atoms with Gasteiger partial charge in [0.25, 0.3) is 0 Å². The van der Waals surface area contributed by atoms with Crippen molar-refractivity contribution in [1.82, 2.24) is 4.98 Å². The van der Waals surface area contributed by atoms with Gasteiger partial charge in [0.1, 0.15) is 0 Å². The summed E-state index contributed by atoms with van der Waals surface area (Å²) in [4.78, 5) is 25.9. The highest BCUT2D eigenvalue weighted by Crippen LogP contribution is 2.11. The van der Waals surface area contributed by atoms with Gasteiger partial charge in [-0.1, -0.05) is 12.1 Å². The molecule has 18 heavy (non-hydrogen) atoms. The fraction of sp³-hybridized carbons (Fsp3) is 0.143. The van der Waals surface area contributed by atoms with Crippen LogP contribution in [0.5, 0.6) is 0 Å². The molecule has 4 nitrogen and oxygen atoms in total. The van der Waals surface area contributed by atoms with Gasteiger partial charge in [-0.3, -0.25) is 9.59 Å². The van der Waals surface area contributed by atoms with Gasteiger partial charge in [0.2, 0.25) is 5.91 Å². The molecule has 4 heteroatoms. The van der Waals surface area contributed by atoms with Gasteiger partial charge in [-0.05, 0) is 30.7 Å². The number of anilines is 1. The lowest BCUT2D eigenvalue weighted by Crippen LogP contribution is -2.14. The number of carbonyl (C=O) groups excluding carboxylic acids is 2. The van der Waals surface area contributed by atoms with E-state index in [9.17, 15) is 9.59 Å². The number of aromatic nitrogens is 1. The van der Waals surface area contributed by atoms with Crippen molar-refractivity contribution in [2.75, 3.05) is 5.32 Å². The number of carbonyl (C=O) groups is 2. The van der Waals surface area contributed by atoms with Crippen molar-refractivity contribution in [3.05, 3.63) is 53.9 Å². The van der Waals surface area contributed by atoms with Crippen LogP contribution < -0.4 is 5.32 Å². The molecule has 0 aliphatic carbocycles. The van der Waals surface area contributed by atoms with Crippen LogP contribution in [0.15, 0.2) is 42.7 Å². The van der Waals surface area contributed by atoms with Crippen molar-refractivity contribution in [3.8, 4) is 0 Å². The molecule has 1 aromatic heterocycles. The molecule has 1 amide bonds. The SMILES string of the molecule is CC(=O)c1cccc(NC(=O)Cc2cc[nH]c2)c1. The van der Waals surface area contributed by atoms with Gasteiger partial charge < -0.3 is 10.3 Å². The fourth-order valence-corrected chi connectivity index (χ4v) is 1.67. The van der Waals surface area contributed by atoms with Gasteiger partial charge in [0, 0.05) is 23.6 Å². The van der Waals surface area contributed by atoms with Gasteiger partial charge in [-0.15, -0.1) is 0 Å². The molecule has 0 saturated heterocycles. The summed E-state index contributed by atoms with van der Waals surface area (Å²) in [7, 11) is 0. The summed E-state index contributed by atoms with van der Waals surface area (Å²) in [5.74, 6) is -0.118. The minimum Gasteiger partial charge on any atom is -0.367 e. The van der Waals surface area contributed by atoms with Gasteiger partial charge in [0.05, 0.1) is 6.42 Å². The first-order valence-electron chi connectivity index (χ1n) is 5.67. The van der Waals surface area contributed by atoms with Gasteiger partial charge >= 0.3 is 0 Å². The van der Waals surface area contributed by atoms with E-state index >= 15 is 0 Å².